The molecule has 2 unspecified atom stereocenters. The van der Waals surface area contributed by atoms with Gasteiger partial charge in [-0.05, 0) is 40.5 Å². The number of nitrogens with zero attached hydrogens (tertiary/aromatic N) is 2. The van der Waals surface area contributed by atoms with Gasteiger partial charge in [-0.3, -0.25) is 19.3 Å². The lowest BCUT2D eigenvalue weighted by molar-refractivity contribution is -0.161. The minimum Gasteiger partial charge on any atom is -0.460 e. The fourth-order valence-electron chi connectivity index (χ4n) is 3.47. The van der Waals surface area contributed by atoms with Gasteiger partial charge in [-0.2, -0.15) is 0 Å². The molecule has 0 saturated carbocycles. The van der Waals surface area contributed by atoms with E-state index in [0.29, 0.717) is 38.9 Å². The van der Waals surface area contributed by atoms with Crippen molar-refractivity contribution in [3.63, 3.8) is 0 Å². The first-order valence-corrected chi connectivity index (χ1v) is 10.1. The molecule has 1 aromatic carbocycles. The topological polar surface area (TPSA) is 76.2 Å². The van der Waals surface area contributed by atoms with Crippen molar-refractivity contribution in [3.05, 3.63) is 35.9 Å². The predicted molar refractivity (Wildman–Crippen MR) is 109 cm³/mol. The first-order valence-electron chi connectivity index (χ1n) is 10.1. The van der Waals surface area contributed by atoms with Crippen LogP contribution >= 0.6 is 0 Å². The standard InChI is InChI=1S/C22H32N2O5/c1-17-20(27)23(13-9-8-12-19(26)29-22(2,3)4)14-15-24(17)21(28-16-25)18-10-6-5-7-11-18/h5-7,10-11,16-17,21H,8-9,12-15H2,1-4H3. The molecule has 0 spiro atoms. The Labute approximate surface area is 172 Å². The maximum atomic E-state index is 12.8. The number of carbonyl (C=O) groups excluding carboxylic acids is 3. The van der Waals surface area contributed by atoms with E-state index in [9.17, 15) is 14.4 Å². The molecule has 1 aliphatic heterocycles. The molecule has 160 valence electrons. The molecule has 7 nitrogen and oxygen atoms in total. The number of benzene rings is 1. The quantitative estimate of drug-likeness (QED) is 0.358. The number of rotatable bonds is 9. The van der Waals surface area contributed by atoms with Crippen molar-refractivity contribution < 1.29 is 23.9 Å². The SMILES string of the molecule is CC1C(=O)N(CCCCC(=O)OC(C)(C)C)CCN1C(OC=O)c1ccccc1. The average Bonchev–Trinajstić information content (AvgIpc) is 2.66. The molecule has 2 rings (SSSR count). The van der Waals surface area contributed by atoms with Crippen molar-refractivity contribution in [2.24, 2.45) is 0 Å². The smallest absolute Gasteiger partial charge is 0.306 e. The minimum absolute atomic E-state index is 0.00366. The summed E-state index contributed by atoms with van der Waals surface area (Å²) >= 11 is 0. The van der Waals surface area contributed by atoms with E-state index in [2.05, 4.69) is 0 Å². The Bertz CT molecular complexity index is 686. The third-order valence-electron chi connectivity index (χ3n) is 4.84. The third kappa shape index (κ3) is 6.85. The van der Waals surface area contributed by atoms with E-state index in [1.165, 1.54) is 0 Å². The van der Waals surface area contributed by atoms with Gasteiger partial charge in [0.05, 0.1) is 6.04 Å². The Morgan fingerprint density at radius 2 is 1.90 bits per heavy atom. The van der Waals surface area contributed by atoms with Gasteiger partial charge in [0.1, 0.15) is 5.60 Å². The maximum Gasteiger partial charge on any atom is 0.306 e. The van der Waals surface area contributed by atoms with Gasteiger partial charge in [0.15, 0.2) is 6.23 Å². The van der Waals surface area contributed by atoms with Crippen LogP contribution in [0.4, 0.5) is 0 Å². The van der Waals surface area contributed by atoms with Gasteiger partial charge >= 0.3 is 5.97 Å². The number of ether oxygens (including phenoxy) is 2. The van der Waals surface area contributed by atoms with E-state index < -0.39 is 17.9 Å². The Morgan fingerprint density at radius 1 is 1.21 bits per heavy atom. The fourth-order valence-corrected chi connectivity index (χ4v) is 3.47. The van der Waals surface area contributed by atoms with E-state index in [4.69, 9.17) is 9.47 Å². The molecule has 0 N–H and O–H groups in total. The van der Waals surface area contributed by atoms with Crippen LogP contribution in [0.15, 0.2) is 30.3 Å². The van der Waals surface area contributed by atoms with Crippen LogP contribution in [-0.4, -0.2) is 59.4 Å². The lowest BCUT2D eigenvalue weighted by Crippen LogP contribution is -2.57. The number of esters is 1. The summed E-state index contributed by atoms with van der Waals surface area (Å²) in [5.41, 5.74) is 0.364. The summed E-state index contributed by atoms with van der Waals surface area (Å²) in [4.78, 5) is 39.4. The predicted octanol–water partition coefficient (Wildman–Crippen LogP) is 2.90. The fraction of sp³-hybridized carbons (Fsp3) is 0.591. The zero-order chi connectivity index (χ0) is 21.4. The van der Waals surface area contributed by atoms with Crippen LogP contribution < -0.4 is 0 Å². The Morgan fingerprint density at radius 3 is 2.52 bits per heavy atom. The molecule has 1 heterocycles. The zero-order valence-corrected chi connectivity index (χ0v) is 17.8. The molecule has 1 fully saturated rings. The van der Waals surface area contributed by atoms with Crippen molar-refractivity contribution in [2.45, 2.75) is 64.8 Å². The summed E-state index contributed by atoms with van der Waals surface area (Å²) in [5.74, 6) is -0.206. The molecule has 7 heteroatoms. The van der Waals surface area contributed by atoms with E-state index in [1.807, 2.05) is 67.8 Å². The van der Waals surface area contributed by atoms with Gasteiger partial charge in [-0.25, -0.2) is 0 Å². The first-order chi connectivity index (χ1) is 13.7. The number of piperazine rings is 1. The highest BCUT2D eigenvalue weighted by Crippen LogP contribution is 2.26. The zero-order valence-electron chi connectivity index (χ0n) is 17.8. The van der Waals surface area contributed by atoms with Crippen LogP contribution in [-0.2, 0) is 23.9 Å². The van der Waals surface area contributed by atoms with Crippen molar-refractivity contribution >= 4 is 18.3 Å². The summed E-state index contributed by atoms with van der Waals surface area (Å²) in [6.07, 6.45) is 1.19. The lowest BCUT2D eigenvalue weighted by Gasteiger charge is -2.42. The summed E-state index contributed by atoms with van der Waals surface area (Å²) in [5, 5.41) is 0. The maximum absolute atomic E-state index is 12.8. The van der Waals surface area contributed by atoms with E-state index in [1.54, 1.807) is 0 Å². The van der Waals surface area contributed by atoms with Crippen LogP contribution in [0.3, 0.4) is 0 Å². The second-order valence-corrected chi connectivity index (χ2v) is 8.28. The van der Waals surface area contributed by atoms with Gasteiger partial charge in [0.25, 0.3) is 6.47 Å². The van der Waals surface area contributed by atoms with E-state index >= 15 is 0 Å². The van der Waals surface area contributed by atoms with Crippen molar-refractivity contribution in [1.82, 2.24) is 9.80 Å². The van der Waals surface area contributed by atoms with Gasteiger partial charge < -0.3 is 14.4 Å². The highest BCUT2D eigenvalue weighted by molar-refractivity contribution is 5.82. The lowest BCUT2D eigenvalue weighted by atomic mass is 10.1. The minimum atomic E-state index is -0.582. The molecule has 0 radical (unpaired) electrons. The van der Waals surface area contributed by atoms with Crippen LogP contribution in [0.5, 0.6) is 0 Å². The molecule has 0 aromatic heterocycles. The van der Waals surface area contributed by atoms with Gasteiger partial charge in [-0.1, -0.05) is 30.3 Å². The van der Waals surface area contributed by atoms with Gasteiger partial charge in [0.2, 0.25) is 5.91 Å². The second kappa shape index (κ2) is 10.4. The number of amides is 1. The molecule has 1 amide bonds. The van der Waals surface area contributed by atoms with Crippen molar-refractivity contribution in [2.75, 3.05) is 19.6 Å². The number of hydrogen-bond donors (Lipinski definition) is 0. The Kier molecular flexibility index (Phi) is 8.20. The number of hydrogen-bond acceptors (Lipinski definition) is 6. The molecule has 2 atom stereocenters. The molecular formula is C22H32N2O5. The molecule has 0 aliphatic carbocycles. The second-order valence-electron chi connectivity index (χ2n) is 8.28. The van der Waals surface area contributed by atoms with Gasteiger partial charge in [0, 0.05) is 31.6 Å². The highest BCUT2D eigenvalue weighted by Gasteiger charge is 2.36. The monoisotopic (exact) mass is 404 g/mol. The number of carbonyl (C=O) groups is 3. The average molecular weight is 405 g/mol. The largest absolute Gasteiger partial charge is 0.460 e. The van der Waals surface area contributed by atoms with E-state index in [-0.39, 0.29) is 11.9 Å². The molecule has 1 aliphatic rings. The molecular weight excluding hydrogens is 372 g/mol. The Balaban J connectivity index is 1.87. The van der Waals surface area contributed by atoms with Crippen molar-refractivity contribution in [3.8, 4) is 0 Å². The molecule has 1 aromatic rings. The number of unbranched alkanes of at least 4 members (excludes halogenated alkanes) is 1. The van der Waals surface area contributed by atoms with Crippen LogP contribution in [0.1, 0.15) is 58.7 Å². The summed E-state index contributed by atoms with van der Waals surface area (Å²) < 4.78 is 10.6. The summed E-state index contributed by atoms with van der Waals surface area (Å²) in [6, 6.07) is 9.02. The summed E-state index contributed by atoms with van der Waals surface area (Å²) in [6.45, 7) is 9.57. The van der Waals surface area contributed by atoms with Crippen molar-refractivity contribution in [1.29, 1.82) is 0 Å². The van der Waals surface area contributed by atoms with Crippen LogP contribution in [0.25, 0.3) is 0 Å². The van der Waals surface area contributed by atoms with Crippen LogP contribution in [0.2, 0.25) is 0 Å². The third-order valence-corrected chi connectivity index (χ3v) is 4.84. The molecule has 0 bridgehead atoms. The Hall–Kier alpha value is -2.41. The van der Waals surface area contributed by atoms with Gasteiger partial charge in [-0.15, -0.1) is 0 Å². The molecule has 29 heavy (non-hydrogen) atoms. The first kappa shape index (κ1) is 22.9. The molecule has 1 saturated heterocycles. The summed E-state index contributed by atoms with van der Waals surface area (Å²) in [7, 11) is 0. The van der Waals surface area contributed by atoms with E-state index in [0.717, 1.165) is 12.0 Å². The van der Waals surface area contributed by atoms with Crippen LogP contribution in [0, 0.1) is 0 Å². The normalized spacial score (nSPS) is 19.0. The highest BCUT2D eigenvalue weighted by atomic mass is 16.6.